The maximum atomic E-state index is 13.0. The minimum absolute atomic E-state index is 0.00124. The number of halogens is 4. The van der Waals surface area contributed by atoms with Crippen LogP contribution < -0.4 is 5.32 Å². The molecular formula is C20H19ClF3N3O4. The molecule has 0 amide bonds. The van der Waals surface area contributed by atoms with E-state index in [1.165, 1.54) is 19.2 Å². The Bertz CT molecular complexity index is 996. The van der Waals surface area contributed by atoms with Crippen molar-refractivity contribution in [2.75, 3.05) is 19.5 Å². The van der Waals surface area contributed by atoms with E-state index >= 15 is 0 Å². The Balaban J connectivity index is 1.94. The normalized spacial score (nSPS) is 14.6. The molecule has 1 atom stereocenters. The molecule has 1 aromatic carbocycles. The molecule has 0 bridgehead atoms. The number of hydrogen-bond donors (Lipinski definition) is 1. The lowest BCUT2D eigenvalue weighted by atomic mass is 10.0. The fourth-order valence-electron chi connectivity index (χ4n) is 2.93. The van der Waals surface area contributed by atoms with E-state index in [4.69, 9.17) is 21.1 Å². The van der Waals surface area contributed by atoms with Crippen LogP contribution in [0.1, 0.15) is 46.2 Å². The number of anilines is 1. The van der Waals surface area contributed by atoms with Crippen molar-refractivity contribution in [1.82, 2.24) is 9.97 Å². The SMILES string of the molecule is COC(=O)c1nc(C2CC2)nc(N[C@@H](Cc2cccc(C(F)(F)F)c2)C(=O)OC)c1Cl. The summed E-state index contributed by atoms with van der Waals surface area (Å²) < 4.78 is 48.6. The van der Waals surface area contributed by atoms with Crippen LogP contribution >= 0.6 is 11.6 Å². The highest BCUT2D eigenvalue weighted by molar-refractivity contribution is 6.35. The quantitative estimate of drug-likeness (QED) is 0.628. The van der Waals surface area contributed by atoms with Gasteiger partial charge in [-0.25, -0.2) is 19.6 Å². The third-order valence-corrected chi connectivity index (χ3v) is 5.04. The van der Waals surface area contributed by atoms with E-state index in [1.807, 2.05) is 0 Å². The summed E-state index contributed by atoms with van der Waals surface area (Å²) in [6.07, 6.45) is -2.98. The Kier molecular flexibility index (Phi) is 6.68. The minimum atomic E-state index is -4.52. The molecule has 2 aromatic rings. The van der Waals surface area contributed by atoms with Crippen LogP contribution in [0.5, 0.6) is 0 Å². The first kappa shape index (κ1) is 22.8. The van der Waals surface area contributed by atoms with Crippen LogP contribution in [0.3, 0.4) is 0 Å². The zero-order chi connectivity index (χ0) is 22.8. The van der Waals surface area contributed by atoms with Gasteiger partial charge in [0.1, 0.15) is 22.7 Å². The van der Waals surface area contributed by atoms with Crippen LogP contribution in [0, 0.1) is 0 Å². The van der Waals surface area contributed by atoms with Crippen molar-refractivity contribution >= 4 is 29.4 Å². The van der Waals surface area contributed by atoms with Gasteiger partial charge in [-0.1, -0.05) is 29.8 Å². The smallest absolute Gasteiger partial charge is 0.416 e. The van der Waals surface area contributed by atoms with E-state index in [2.05, 4.69) is 15.3 Å². The van der Waals surface area contributed by atoms with Crippen molar-refractivity contribution in [1.29, 1.82) is 0 Å². The predicted molar refractivity (Wildman–Crippen MR) is 105 cm³/mol. The van der Waals surface area contributed by atoms with Crippen molar-refractivity contribution in [3.63, 3.8) is 0 Å². The minimum Gasteiger partial charge on any atom is -0.467 e. The lowest BCUT2D eigenvalue weighted by Gasteiger charge is -2.19. The van der Waals surface area contributed by atoms with Gasteiger partial charge in [-0.3, -0.25) is 0 Å². The fourth-order valence-corrected chi connectivity index (χ4v) is 3.14. The van der Waals surface area contributed by atoms with E-state index in [9.17, 15) is 22.8 Å². The number of carbonyl (C=O) groups excluding carboxylic acids is 2. The number of esters is 2. The summed E-state index contributed by atoms with van der Waals surface area (Å²) in [5.74, 6) is -1.08. The standard InChI is InChI=1S/C20H19ClF3N3O4/c1-30-18(28)13(9-10-4-3-5-12(8-10)20(22,23)24)25-17-14(21)15(19(29)31-2)26-16(27-17)11-6-7-11/h3-5,8,11,13H,6-7,9H2,1-2H3,(H,25,26,27)/t13-/m0/s1. The number of rotatable bonds is 7. The van der Waals surface area contributed by atoms with Gasteiger partial charge in [0.25, 0.3) is 0 Å². The molecule has 31 heavy (non-hydrogen) atoms. The molecule has 1 heterocycles. The van der Waals surface area contributed by atoms with E-state index in [1.54, 1.807) is 0 Å². The molecule has 0 spiro atoms. The number of alkyl halides is 3. The first-order chi connectivity index (χ1) is 14.6. The number of ether oxygens (including phenoxy) is 2. The molecule has 1 aliphatic rings. The molecule has 1 saturated carbocycles. The molecule has 0 saturated heterocycles. The summed E-state index contributed by atoms with van der Waals surface area (Å²) in [4.78, 5) is 32.9. The molecule has 1 aliphatic carbocycles. The highest BCUT2D eigenvalue weighted by Gasteiger charge is 2.33. The maximum Gasteiger partial charge on any atom is 0.416 e. The lowest BCUT2D eigenvalue weighted by molar-refractivity contribution is -0.141. The maximum absolute atomic E-state index is 13.0. The molecule has 1 N–H and O–H groups in total. The monoisotopic (exact) mass is 457 g/mol. The topological polar surface area (TPSA) is 90.4 Å². The number of nitrogens with zero attached hydrogens (tertiary/aromatic N) is 2. The molecule has 7 nitrogen and oxygen atoms in total. The van der Waals surface area contributed by atoms with Crippen molar-refractivity contribution < 1.29 is 32.2 Å². The highest BCUT2D eigenvalue weighted by Crippen LogP contribution is 2.40. The molecular weight excluding hydrogens is 439 g/mol. The highest BCUT2D eigenvalue weighted by atomic mass is 35.5. The van der Waals surface area contributed by atoms with Gasteiger partial charge in [0.05, 0.1) is 19.8 Å². The van der Waals surface area contributed by atoms with Crippen LogP contribution in [-0.4, -0.2) is 42.2 Å². The molecule has 0 aliphatic heterocycles. The molecule has 0 unspecified atom stereocenters. The zero-order valence-corrected chi connectivity index (χ0v) is 17.4. The lowest BCUT2D eigenvalue weighted by Crippen LogP contribution is -2.33. The average Bonchev–Trinajstić information content (AvgIpc) is 3.58. The average molecular weight is 458 g/mol. The fraction of sp³-hybridized carbons (Fsp3) is 0.400. The Morgan fingerprint density at radius 1 is 1.23 bits per heavy atom. The molecule has 1 fully saturated rings. The third kappa shape index (κ3) is 5.43. The molecule has 166 valence electrons. The summed E-state index contributed by atoms with van der Waals surface area (Å²) in [6, 6.07) is 3.50. The van der Waals surface area contributed by atoms with Gasteiger partial charge in [-0.2, -0.15) is 13.2 Å². The summed E-state index contributed by atoms with van der Waals surface area (Å²) in [7, 11) is 2.33. The zero-order valence-electron chi connectivity index (χ0n) is 16.6. The summed E-state index contributed by atoms with van der Waals surface area (Å²) in [6.45, 7) is 0. The summed E-state index contributed by atoms with van der Waals surface area (Å²) in [5.41, 5.74) is -0.748. The Morgan fingerprint density at radius 2 is 1.94 bits per heavy atom. The van der Waals surface area contributed by atoms with Gasteiger partial charge in [-0.15, -0.1) is 0 Å². The number of nitrogens with one attached hydrogen (secondary N) is 1. The Hall–Kier alpha value is -2.88. The van der Waals surface area contributed by atoms with E-state index in [-0.39, 0.29) is 34.4 Å². The van der Waals surface area contributed by atoms with E-state index in [0.717, 1.165) is 32.1 Å². The number of aromatic nitrogens is 2. The van der Waals surface area contributed by atoms with E-state index < -0.39 is 29.7 Å². The molecule has 11 heteroatoms. The number of hydrogen-bond acceptors (Lipinski definition) is 7. The summed E-state index contributed by atoms with van der Waals surface area (Å²) in [5, 5.41) is 2.64. The van der Waals surface area contributed by atoms with Crippen molar-refractivity contribution in [2.24, 2.45) is 0 Å². The molecule has 3 rings (SSSR count). The number of carbonyl (C=O) groups is 2. The van der Waals surface area contributed by atoms with Gasteiger partial charge >= 0.3 is 18.1 Å². The van der Waals surface area contributed by atoms with E-state index in [0.29, 0.717) is 5.82 Å². The van der Waals surface area contributed by atoms with Gasteiger partial charge in [0.15, 0.2) is 5.69 Å². The number of methoxy groups -OCH3 is 2. The first-order valence-corrected chi connectivity index (χ1v) is 9.68. The van der Waals surface area contributed by atoms with Crippen molar-refractivity contribution in [2.45, 2.75) is 37.4 Å². The van der Waals surface area contributed by atoms with Crippen LogP contribution in [-0.2, 0) is 26.9 Å². The first-order valence-electron chi connectivity index (χ1n) is 9.30. The second-order valence-electron chi connectivity index (χ2n) is 6.98. The number of benzene rings is 1. The summed E-state index contributed by atoms with van der Waals surface area (Å²) >= 11 is 6.27. The van der Waals surface area contributed by atoms with Gasteiger partial charge in [-0.05, 0) is 24.5 Å². The van der Waals surface area contributed by atoms with Crippen molar-refractivity contribution in [3.05, 3.63) is 51.9 Å². The van der Waals surface area contributed by atoms with Crippen LogP contribution in [0.15, 0.2) is 24.3 Å². The second-order valence-corrected chi connectivity index (χ2v) is 7.36. The largest absolute Gasteiger partial charge is 0.467 e. The predicted octanol–water partition coefficient (Wildman–Crippen LogP) is 4.01. The third-order valence-electron chi connectivity index (χ3n) is 4.68. The Labute approximate surface area is 180 Å². The molecule has 0 radical (unpaired) electrons. The second kappa shape index (κ2) is 9.09. The molecule has 1 aromatic heterocycles. The Morgan fingerprint density at radius 3 is 2.52 bits per heavy atom. The van der Waals surface area contributed by atoms with Gasteiger partial charge < -0.3 is 14.8 Å². The van der Waals surface area contributed by atoms with Crippen LogP contribution in [0.25, 0.3) is 0 Å². The van der Waals surface area contributed by atoms with Gasteiger partial charge in [0, 0.05) is 12.3 Å². The van der Waals surface area contributed by atoms with Gasteiger partial charge in [0.2, 0.25) is 0 Å². The van der Waals surface area contributed by atoms with Crippen LogP contribution in [0.2, 0.25) is 5.02 Å². The van der Waals surface area contributed by atoms with Crippen LogP contribution in [0.4, 0.5) is 19.0 Å². The van der Waals surface area contributed by atoms with Crippen molar-refractivity contribution in [3.8, 4) is 0 Å².